The Morgan fingerprint density at radius 1 is 1.00 bits per heavy atom. The van der Waals surface area contributed by atoms with Gasteiger partial charge in [-0.3, -0.25) is 0 Å². The first-order valence-electron chi connectivity index (χ1n) is 6.51. The van der Waals surface area contributed by atoms with Crippen LogP contribution in [0.5, 0.6) is 0 Å². The molecule has 0 unspecified atom stereocenters. The Morgan fingerprint density at radius 2 is 1.71 bits per heavy atom. The molecule has 0 aliphatic carbocycles. The first-order chi connectivity index (χ1) is 10.0. The molecule has 0 radical (unpaired) electrons. The summed E-state index contributed by atoms with van der Waals surface area (Å²) in [5, 5.41) is 3.19. The summed E-state index contributed by atoms with van der Waals surface area (Å²) >= 11 is 0. The van der Waals surface area contributed by atoms with E-state index in [-0.39, 0.29) is 0 Å². The zero-order valence-corrected chi connectivity index (χ0v) is 11.6. The highest BCUT2D eigenvalue weighted by atomic mass is 19.4. The van der Waals surface area contributed by atoms with Gasteiger partial charge in [0.1, 0.15) is 0 Å². The molecule has 0 atom stereocenters. The number of alkyl halides is 3. The first-order valence-corrected chi connectivity index (χ1v) is 6.51. The number of hydrogen-bond donors (Lipinski definition) is 1. The molecular weight excluding hydrogens is 279 g/mol. The zero-order valence-electron chi connectivity index (χ0n) is 11.6. The maximum atomic E-state index is 12.5. The van der Waals surface area contributed by atoms with E-state index in [0.717, 1.165) is 28.9 Å². The average Bonchev–Trinajstić information content (AvgIpc) is 2.47. The lowest BCUT2D eigenvalue weighted by Gasteiger charge is -2.10. The molecule has 2 nitrogen and oxygen atoms in total. The van der Waals surface area contributed by atoms with Crippen molar-refractivity contribution in [2.75, 3.05) is 25.6 Å². The summed E-state index contributed by atoms with van der Waals surface area (Å²) < 4.78 is 42.6. The van der Waals surface area contributed by atoms with Crippen LogP contribution in [0.1, 0.15) is 5.56 Å². The van der Waals surface area contributed by atoms with E-state index in [1.165, 1.54) is 12.1 Å². The quantitative estimate of drug-likeness (QED) is 0.824. The van der Waals surface area contributed by atoms with E-state index in [9.17, 15) is 13.2 Å². The second-order valence-corrected chi connectivity index (χ2v) is 4.58. The minimum atomic E-state index is -4.30. The van der Waals surface area contributed by atoms with Crippen molar-refractivity contribution in [1.29, 1.82) is 0 Å². The molecule has 2 rings (SSSR count). The van der Waals surface area contributed by atoms with Gasteiger partial charge in [0.15, 0.2) is 0 Å². The topological polar surface area (TPSA) is 21.3 Å². The highest BCUT2D eigenvalue weighted by Gasteiger charge is 2.29. The Balaban J connectivity index is 2.16. The van der Waals surface area contributed by atoms with Gasteiger partial charge in [-0.2, -0.15) is 13.2 Å². The number of nitrogens with one attached hydrogen (secondary N) is 1. The monoisotopic (exact) mass is 295 g/mol. The fourth-order valence-electron chi connectivity index (χ4n) is 1.96. The molecule has 0 fully saturated rings. The summed E-state index contributed by atoms with van der Waals surface area (Å²) in [4.78, 5) is 0. The largest absolute Gasteiger partial charge is 0.416 e. The molecule has 0 aliphatic heterocycles. The lowest BCUT2D eigenvalue weighted by molar-refractivity contribution is -0.137. The van der Waals surface area contributed by atoms with Gasteiger partial charge in [-0.1, -0.05) is 24.3 Å². The standard InChI is InChI=1S/C16H16F3NO/c1-21-10-9-20-15-4-2-3-13(11-15)12-5-7-14(8-6-12)16(17,18)19/h2-8,11,20H,9-10H2,1H3. The van der Waals surface area contributed by atoms with E-state index in [1.54, 1.807) is 7.11 Å². The van der Waals surface area contributed by atoms with Crippen molar-refractivity contribution in [3.05, 3.63) is 54.1 Å². The number of methoxy groups -OCH3 is 1. The Labute approximate surface area is 121 Å². The van der Waals surface area contributed by atoms with Crippen LogP contribution in [0.4, 0.5) is 18.9 Å². The number of halogens is 3. The second kappa shape index (κ2) is 6.63. The van der Waals surface area contributed by atoms with Crippen LogP contribution in [0.15, 0.2) is 48.5 Å². The summed E-state index contributed by atoms with van der Waals surface area (Å²) in [7, 11) is 1.63. The highest BCUT2D eigenvalue weighted by molar-refractivity contribution is 5.68. The molecule has 2 aromatic rings. The smallest absolute Gasteiger partial charge is 0.383 e. The average molecular weight is 295 g/mol. The molecule has 0 spiro atoms. The summed E-state index contributed by atoms with van der Waals surface area (Å²) in [6.45, 7) is 1.26. The van der Waals surface area contributed by atoms with Crippen LogP contribution in [-0.4, -0.2) is 20.3 Å². The molecule has 5 heteroatoms. The molecule has 0 saturated carbocycles. The molecule has 0 amide bonds. The maximum absolute atomic E-state index is 12.5. The van der Waals surface area contributed by atoms with Crippen molar-refractivity contribution in [2.45, 2.75) is 6.18 Å². The lowest BCUT2D eigenvalue weighted by atomic mass is 10.0. The van der Waals surface area contributed by atoms with E-state index in [0.29, 0.717) is 13.2 Å². The van der Waals surface area contributed by atoms with Crippen LogP contribution in [0.25, 0.3) is 11.1 Å². The number of rotatable bonds is 5. The van der Waals surface area contributed by atoms with Crippen LogP contribution in [0.2, 0.25) is 0 Å². The first kappa shape index (κ1) is 15.4. The van der Waals surface area contributed by atoms with Gasteiger partial charge in [-0.05, 0) is 35.4 Å². The lowest BCUT2D eigenvalue weighted by Crippen LogP contribution is -2.07. The molecule has 2 aromatic carbocycles. The normalized spacial score (nSPS) is 11.4. The highest BCUT2D eigenvalue weighted by Crippen LogP contribution is 2.31. The molecule has 0 saturated heterocycles. The summed E-state index contributed by atoms with van der Waals surface area (Å²) in [5.41, 5.74) is 1.88. The van der Waals surface area contributed by atoms with Crippen LogP contribution in [0, 0.1) is 0 Å². The van der Waals surface area contributed by atoms with Crippen molar-refractivity contribution in [3.8, 4) is 11.1 Å². The van der Waals surface area contributed by atoms with Crippen LogP contribution < -0.4 is 5.32 Å². The van der Waals surface area contributed by atoms with Crippen molar-refractivity contribution in [3.63, 3.8) is 0 Å². The van der Waals surface area contributed by atoms with Gasteiger partial charge in [0, 0.05) is 19.3 Å². The van der Waals surface area contributed by atoms with Crippen molar-refractivity contribution < 1.29 is 17.9 Å². The summed E-state index contributed by atoms with van der Waals surface area (Å²) in [6.07, 6.45) is -4.30. The van der Waals surface area contributed by atoms with Gasteiger partial charge < -0.3 is 10.1 Å². The predicted molar refractivity (Wildman–Crippen MR) is 77.2 cm³/mol. The third-order valence-electron chi connectivity index (χ3n) is 3.04. The number of ether oxygens (including phenoxy) is 1. The van der Waals surface area contributed by atoms with Gasteiger partial charge >= 0.3 is 6.18 Å². The SMILES string of the molecule is COCCNc1cccc(-c2ccc(C(F)(F)F)cc2)c1. The molecule has 0 aromatic heterocycles. The molecule has 0 aliphatic rings. The number of benzene rings is 2. The second-order valence-electron chi connectivity index (χ2n) is 4.58. The fourth-order valence-corrected chi connectivity index (χ4v) is 1.96. The minimum absolute atomic E-state index is 0.588. The third kappa shape index (κ3) is 4.23. The minimum Gasteiger partial charge on any atom is -0.383 e. The van der Waals surface area contributed by atoms with Crippen LogP contribution >= 0.6 is 0 Å². The van der Waals surface area contributed by atoms with Crippen molar-refractivity contribution in [2.24, 2.45) is 0 Å². The number of hydrogen-bond acceptors (Lipinski definition) is 2. The Hall–Kier alpha value is -2.01. The third-order valence-corrected chi connectivity index (χ3v) is 3.04. The van der Waals surface area contributed by atoms with E-state index in [1.807, 2.05) is 24.3 Å². The Kier molecular flexibility index (Phi) is 4.85. The molecular formula is C16H16F3NO. The van der Waals surface area contributed by atoms with E-state index in [4.69, 9.17) is 4.74 Å². The van der Waals surface area contributed by atoms with Crippen LogP contribution in [-0.2, 0) is 10.9 Å². The Bertz CT molecular complexity index is 579. The van der Waals surface area contributed by atoms with Gasteiger partial charge in [-0.25, -0.2) is 0 Å². The van der Waals surface area contributed by atoms with Gasteiger partial charge in [0.2, 0.25) is 0 Å². The maximum Gasteiger partial charge on any atom is 0.416 e. The fraction of sp³-hybridized carbons (Fsp3) is 0.250. The van der Waals surface area contributed by atoms with Gasteiger partial charge in [0.05, 0.1) is 12.2 Å². The predicted octanol–water partition coefficient (Wildman–Crippen LogP) is 4.43. The van der Waals surface area contributed by atoms with Crippen LogP contribution in [0.3, 0.4) is 0 Å². The van der Waals surface area contributed by atoms with E-state index >= 15 is 0 Å². The Morgan fingerprint density at radius 3 is 2.33 bits per heavy atom. The summed E-state index contributed by atoms with van der Waals surface area (Å²) in [5.74, 6) is 0. The zero-order chi connectivity index (χ0) is 15.3. The van der Waals surface area contributed by atoms with E-state index in [2.05, 4.69) is 5.32 Å². The van der Waals surface area contributed by atoms with Crippen molar-refractivity contribution in [1.82, 2.24) is 0 Å². The molecule has 112 valence electrons. The molecule has 0 bridgehead atoms. The summed E-state index contributed by atoms with van der Waals surface area (Å²) in [6, 6.07) is 12.7. The van der Waals surface area contributed by atoms with E-state index < -0.39 is 11.7 Å². The van der Waals surface area contributed by atoms with Gasteiger partial charge in [0.25, 0.3) is 0 Å². The number of anilines is 1. The molecule has 21 heavy (non-hydrogen) atoms. The molecule has 0 heterocycles. The molecule has 1 N–H and O–H groups in total. The van der Waals surface area contributed by atoms with Gasteiger partial charge in [-0.15, -0.1) is 0 Å². The van der Waals surface area contributed by atoms with Crippen molar-refractivity contribution >= 4 is 5.69 Å².